The third-order valence-electron chi connectivity index (χ3n) is 5.25. The molecule has 2 rings (SSSR count). The molecule has 0 amide bonds. The van der Waals surface area contributed by atoms with Crippen LogP contribution in [-0.4, -0.2) is 69.8 Å². The highest BCUT2D eigenvalue weighted by Crippen LogP contribution is 2.25. The van der Waals surface area contributed by atoms with Gasteiger partial charge in [0.05, 0.1) is 13.3 Å². The number of alkyl halides is 1. The molecule has 0 radical (unpaired) electrons. The lowest BCUT2D eigenvalue weighted by Crippen LogP contribution is -2.48. The van der Waals surface area contributed by atoms with Crippen LogP contribution in [0, 0.1) is 0 Å². The van der Waals surface area contributed by atoms with Crippen LogP contribution in [0.3, 0.4) is 0 Å². The second-order valence-electron chi connectivity index (χ2n) is 7.85. The molecule has 1 fully saturated rings. The number of carbonyl (C=O) groups excluding carboxylic acids is 1. The Balaban J connectivity index is 1.87. The lowest BCUT2D eigenvalue weighted by molar-refractivity contribution is -0.273. The van der Waals surface area contributed by atoms with Gasteiger partial charge in [0.2, 0.25) is 0 Å². The summed E-state index contributed by atoms with van der Waals surface area (Å²) >= 11 is 0. The van der Waals surface area contributed by atoms with Gasteiger partial charge in [0.15, 0.2) is 6.23 Å². The van der Waals surface area contributed by atoms with Gasteiger partial charge in [-0.2, -0.15) is 0 Å². The molecule has 1 saturated carbocycles. The van der Waals surface area contributed by atoms with Crippen LogP contribution in [0.1, 0.15) is 52.2 Å². The quantitative estimate of drug-likeness (QED) is 0.190. The third-order valence-corrected chi connectivity index (χ3v) is 5.25. The van der Waals surface area contributed by atoms with Gasteiger partial charge in [-0.1, -0.05) is 6.42 Å². The molecule has 1 aliphatic carbocycles. The van der Waals surface area contributed by atoms with Gasteiger partial charge in [0, 0.05) is 12.3 Å². The largest absolute Gasteiger partial charge is 0.461 e. The van der Waals surface area contributed by atoms with Crippen molar-refractivity contribution in [1.29, 1.82) is 0 Å². The van der Waals surface area contributed by atoms with E-state index in [0.717, 1.165) is 55.9 Å². The second kappa shape index (κ2) is 12.2. The minimum Gasteiger partial charge on any atom is -0.461 e. The molecule has 12 heteroatoms. The Morgan fingerprint density at radius 1 is 1.34 bits per heavy atom. The Bertz CT molecular complexity index is 839. The van der Waals surface area contributed by atoms with E-state index in [1.54, 1.807) is 6.92 Å². The van der Waals surface area contributed by atoms with Crippen LogP contribution >= 0.6 is 0 Å². The molecule has 11 nitrogen and oxygen atoms in total. The molecule has 182 valence electrons. The minimum atomic E-state index is -2.80. The summed E-state index contributed by atoms with van der Waals surface area (Å²) in [4.78, 5) is 37.2. The fraction of sp³-hybridized carbons (Fsp3) is 0.750. The number of ether oxygens (including phenoxy) is 3. The average Bonchev–Trinajstić information content (AvgIpc) is 2.76. The predicted molar refractivity (Wildman–Crippen MR) is 110 cm³/mol. The average molecular weight is 461 g/mol. The Kier molecular flexibility index (Phi) is 9.97. The predicted octanol–water partition coefficient (Wildman–Crippen LogP) is -0.0812. The van der Waals surface area contributed by atoms with Gasteiger partial charge in [-0.3, -0.25) is 24.5 Å². The fourth-order valence-corrected chi connectivity index (χ4v) is 3.22. The number of halogens is 1. The maximum absolute atomic E-state index is 15.2. The zero-order chi connectivity index (χ0) is 23.7. The molecule has 1 unspecified atom stereocenters. The topological polar surface area (TPSA) is 152 Å². The van der Waals surface area contributed by atoms with Gasteiger partial charge >= 0.3 is 11.7 Å². The smallest absolute Gasteiger partial charge is 0.330 e. The summed E-state index contributed by atoms with van der Waals surface area (Å²) in [6.45, 7) is 0.881. The molecule has 0 spiro atoms. The van der Waals surface area contributed by atoms with Gasteiger partial charge in [0.25, 0.3) is 11.4 Å². The number of aliphatic hydroxyl groups excluding tert-OH is 2. The normalized spacial score (nSPS) is 19.7. The SMILES string of the molecule is CC(NCOC[C@@](F)(O[C@H](CO)n1ccc(=O)[nH]c1=O)[C@H](C)O)C(=O)OC1CCCCC1. The van der Waals surface area contributed by atoms with E-state index in [-0.39, 0.29) is 12.8 Å². The van der Waals surface area contributed by atoms with Crippen LogP contribution in [-0.2, 0) is 19.0 Å². The van der Waals surface area contributed by atoms with Crippen molar-refractivity contribution in [3.63, 3.8) is 0 Å². The van der Waals surface area contributed by atoms with E-state index in [9.17, 15) is 24.6 Å². The Morgan fingerprint density at radius 2 is 2.03 bits per heavy atom. The summed E-state index contributed by atoms with van der Waals surface area (Å²) in [5, 5.41) is 22.1. The van der Waals surface area contributed by atoms with Crippen molar-refractivity contribution >= 4 is 5.97 Å². The maximum atomic E-state index is 15.2. The highest BCUT2D eigenvalue weighted by Gasteiger charge is 2.40. The number of hydrogen-bond donors (Lipinski definition) is 4. The first-order valence-electron chi connectivity index (χ1n) is 10.6. The van der Waals surface area contributed by atoms with Gasteiger partial charge in [-0.15, -0.1) is 0 Å². The van der Waals surface area contributed by atoms with E-state index in [0.29, 0.717) is 0 Å². The van der Waals surface area contributed by atoms with Crippen molar-refractivity contribution in [3.05, 3.63) is 33.1 Å². The number of aromatic amines is 1. The number of nitrogens with one attached hydrogen (secondary N) is 2. The number of carbonyl (C=O) groups is 1. The van der Waals surface area contributed by atoms with E-state index in [4.69, 9.17) is 14.2 Å². The van der Waals surface area contributed by atoms with E-state index >= 15 is 4.39 Å². The maximum Gasteiger partial charge on any atom is 0.330 e. The van der Waals surface area contributed by atoms with E-state index in [1.807, 2.05) is 4.98 Å². The lowest BCUT2D eigenvalue weighted by Gasteiger charge is -2.32. The van der Waals surface area contributed by atoms with Crippen molar-refractivity contribution < 1.29 is 33.6 Å². The molecule has 0 aliphatic heterocycles. The molecule has 1 aliphatic rings. The van der Waals surface area contributed by atoms with Crippen molar-refractivity contribution in [2.75, 3.05) is 19.9 Å². The Labute approximate surface area is 184 Å². The number of nitrogens with zero attached hydrogens (tertiary/aromatic N) is 1. The molecule has 32 heavy (non-hydrogen) atoms. The number of hydrogen-bond acceptors (Lipinski definition) is 9. The summed E-state index contributed by atoms with van der Waals surface area (Å²) in [5.74, 6) is -3.23. The summed E-state index contributed by atoms with van der Waals surface area (Å²) in [6.07, 6.45) is 2.61. The monoisotopic (exact) mass is 461 g/mol. The third kappa shape index (κ3) is 7.48. The second-order valence-corrected chi connectivity index (χ2v) is 7.85. The Hall–Kier alpha value is -2.12. The lowest BCUT2D eigenvalue weighted by atomic mass is 9.98. The van der Waals surface area contributed by atoms with Crippen LogP contribution < -0.4 is 16.6 Å². The van der Waals surface area contributed by atoms with Crippen LogP contribution in [0.2, 0.25) is 0 Å². The van der Waals surface area contributed by atoms with Crippen LogP contribution in [0.4, 0.5) is 4.39 Å². The standard InChI is InChI=1S/C20H32FN3O8/c1-13(18(28)31-15-6-4-3-5-7-15)22-12-30-11-20(21,14(2)26)32-17(10-25)24-9-8-16(27)23-19(24)29/h8-9,13-15,17,22,25-26H,3-7,10-12H2,1-2H3,(H,23,27,29)/t13?,14-,17+,20+/m0/s1. The van der Waals surface area contributed by atoms with Crippen molar-refractivity contribution in [2.45, 2.75) is 76.3 Å². The van der Waals surface area contributed by atoms with Crippen molar-refractivity contribution in [1.82, 2.24) is 14.9 Å². The highest BCUT2D eigenvalue weighted by molar-refractivity contribution is 5.75. The van der Waals surface area contributed by atoms with Gasteiger partial charge in [-0.05, 0) is 39.5 Å². The number of aromatic nitrogens is 2. The molecule has 0 bridgehead atoms. The molecule has 0 aromatic carbocycles. The molecule has 1 heterocycles. The summed E-state index contributed by atoms with van der Waals surface area (Å²) in [6, 6.07) is 0.313. The van der Waals surface area contributed by atoms with Gasteiger partial charge in [-0.25, -0.2) is 9.18 Å². The zero-order valence-corrected chi connectivity index (χ0v) is 18.3. The molecule has 4 atom stereocenters. The summed E-state index contributed by atoms with van der Waals surface area (Å²) in [7, 11) is 0. The summed E-state index contributed by atoms with van der Waals surface area (Å²) < 4.78 is 31.8. The van der Waals surface area contributed by atoms with Gasteiger partial charge in [0.1, 0.15) is 24.9 Å². The zero-order valence-electron chi connectivity index (χ0n) is 18.3. The van der Waals surface area contributed by atoms with E-state index in [2.05, 4.69) is 5.32 Å². The number of aliphatic hydroxyl groups is 2. The van der Waals surface area contributed by atoms with Crippen molar-refractivity contribution in [2.24, 2.45) is 0 Å². The highest BCUT2D eigenvalue weighted by atomic mass is 19.2. The molecule has 1 aromatic heterocycles. The van der Waals surface area contributed by atoms with E-state index < -0.39 is 54.7 Å². The van der Waals surface area contributed by atoms with Crippen LogP contribution in [0.25, 0.3) is 0 Å². The van der Waals surface area contributed by atoms with Gasteiger partial charge < -0.3 is 24.4 Å². The molecular weight excluding hydrogens is 429 g/mol. The molecule has 0 saturated heterocycles. The first-order chi connectivity index (χ1) is 15.2. The minimum absolute atomic E-state index is 0.0877. The molecular formula is C20H32FN3O8. The Morgan fingerprint density at radius 3 is 2.62 bits per heavy atom. The summed E-state index contributed by atoms with van der Waals surface area (Å²) in [5.41, 5.74) is -1.59. The van der Waals surface area contributed by atoms with Crippen molar-refractivity contribution in [3.8, 4) is 0 Å². The van der Waals surface area contributed by atoms with Crippen LogP contribution in [0.5, 0.6) is 0 Å². The molecule has 1 aromatic rings. The molecule has 4 N–H and O–H groups in total. The first kappa shape index (κ1) is 26.1. The number of H-pyrrole nitrogens is 1. The first-order valence-corrected chi connectivity index (χ1v) is 10.6. The van der Waals surface area contributed by atoms with E-state index in [1.165, 1.54) is 0 Å². The van der Waals surface area contributed by atoms with Crippen LogP contribution in [0.15, 0.2) is 21.9 Å². The fourth-order valence-electron chi connectivity index (χ4n) is 3.22. The number of rotatable bonds is 12. The number of esters is 1.